The van der Waals surface area contributed by atoms with Gasteiger partial charge >= 0.3 is 5.97 Å². The molecule has 2 aliphatic heterocycles. The van der Waals surface area contributed by atoms with Gasteiger partial charge < -0.3 is 9.30 Å². The molecule has 2 saturated heterocycles. The summed E-state index contributed by atoms with van der Waals surface area (Å²) in [6.45, 7) is 4.30. The molecule has 1 aromatic carbocycles. The highest BCUT2D eigenvalue weighted by Gasteiger charge is 2.42. The van der Waals surface area contributed by atoms with Gasteiger partial charge in [-0.1, -0.05) is 18.2 Å². The summed E-state index contributed by atoms with van der Waals surface area (Å²) in [5.74, 6) is -0.539. The van der Waals surface area contributed by atoms with Crippen molar-refractivity contribution in [2.75, 3.05) is 6.54 Å². The van der Waals surface area contributed by atoms with E-state index >= 15 is 0 Å². The van der Waals surface area contributed by atoms with Crippen LogP contribution in [0.1, 0.15) is 55.9 Å². The fourth-order valence-electron chi connectivity index (χ4n) is 4.82. The standard InChI is InChI=1S/C22H25N3O3.ClH/c1-14(2)25-20-6-4-3-5-15(20)11-19(21(25)26)22(27)28-18-12-16-7-8-17(13-18)24(16)10-9-23;/h3-6,11,14,16-18H,7-8,10,12-13H2,1-2H3;1H/t16-,17+,18?;. The van der Waals surface area contributed by atoms with Gasteiger partial charge in [-0.05, 0) is 44.2 Å². The van der Waals surface area contributed by atoms with E-state index in [4.69, 9.17) is 10.00 Å². The molecule has 0 aliphatic carbocycles. The van der Waals surface area contributed by atoms with Crippen molar-refractivity contribution in [2.45, 2.75) is 63.8 Å². The number of nitriles is 1. The van der Waals surface area contributed by atoms with Gasteiger partial charge in [-0.2, -0.15) is 5.26 Å². The van der Waals surface area contributed by atoms with E-state index in [2.05, 4.69) is 11.0 Å². The van der Waals surface area contributed by atoms with Gasteiger partial charge in [0.25, 0.3) is 5.56 Å². The van der Waals surface area contributed by atoms with Gasteiger partial charge in [0.05, 0.1) is 18.1 Å². The van der Waals surface area contributed by atoms with Gasteiger partial charge in [0.2, 0.25) is 0 Å². The van der Waals surface area contributed by atoms with Crippen molar-refractivity contribution in [2.24, 2.45) is 0 Å². The fourth-order valence-corrected chi connectivity index (χ4v) is 4.82. The van der Waals surface area contributed by atoms with Crippen LogP contribution in [0.15, 0.2) is 35.1 Å². The molecule has 6 nitrogen and oxygen atoms in total. The third kappa shape index (κ3) is 3.90. The van der Waals surface area contributed by atoms with E-state index in [-0.39, 0.29) is 35.7 Å². The maximum Gasteiger partial charge on any atom is 0.344 e. The largest absolute Gasteiger partial charge is 0.459 e. The summed E-state index contributed by atoms with van der Waals surface area (Å²) in [5.41, 5.74) is 0.615. The van der Waals surface area contributed by atoms with E-state index in [1.165, 1.54) is 0 Å². The lowest BCUT2D eigenvalue weighted by molar-refractivity contribution is -0.00332. The first-order valence-corrected chi connectivity index (χ1v) is 9.97. The Hall–Kier alpha value is -2.36. The Kier molecular flexibility index (Phi) is 6.30. The SMILES string of the molecule is CC(C)n1c(=O)c(C(=O)OC2C[C@H]3CC[C@@H](C2)N3CC#N)cc2ccccc21.Cl. The van der Waals surface area contributed by atoms with Crippen LogP contribution in [-0.4, -0.2) is 40.2 Å². The Morgan fingerprint density at radius 3 is 2.52 bits per heavy atom. The summed E-state index contributed by atoms with van der Waals surface area (Å²) in [7, 11) is 0. The van der Waals surface area contributed by atoms with Crippen LogP contribution in [0.5, 0.6) is 0 Å². The van der Waals surface area contributed by atoms with Crippen molar-refractivity contribution in [1.82, 2.24) is 9.47 Å². The lowest BCUT2D eigenvalue weighted by Gasteiger charge is -2.36. The van der Waals surface area contributed by atoms with Crippen molar-refractivity contribution >= 4 is 29.3 Å². The van der Waals surface area contributed by atoms with Crippen LogP contribution in [0.3, 0.4) is 0 Å². The first-order valence-electron chi connectivity index (χ1n) is 9.97. The average Bonchev–Trinajstić information content (AvgIpc) is 2.90. The number of benzene rings is 1. The highest BCUT2D eigenvalue weighted by atomic mass is 35.5. The number of hydrogen-bond acceptors (Lipinski definition) is 5. The van der Waals surface area contributed by atoms with Crippen LogP contribution in [0.25, 0.3) is 10.9 Å². The summed E-state index contributed by atoms with van der Waals surface area (Å²) in [5, 5.41) is 9.87. The van der Waals surface area contributed by atoms with E-state index < -0.39 is 5.97 Å². The van der Waals surface area contributed by atoms with E-state index in [1.807, 2.05) is 38.1 Å². The average molecular weight is 416 g/mol. The van der Waals surface area contributed by atoms with Crippen molar-refractivity contribution in [3.05, 3.63) is 46.2 Å². The van der Waals surface area contributed by atoms with Crippen molar-refractivity contribution in [1.29, 1.82) is 5.26 Å². The molecular formula is C22H26ClN3O3. The highest BCUT2D eigenvalue weighted by Crippen LogP contribution is 2.36. The maximum absolute atomic E-state index is 13.0. The highest BCUT2D eigenvalue weighted by molar-refractivity contribution is 5.94. The molecule has 0 saturated carbocycles. The van der Waals surface area contributed by atoms with Crippen LogP contribution in [0.2, 0.25) is 0 Å². The zero-order valence-electron chi connectivity index (χ0n) is 16.7. The number of fused-ring (bicyclic) bond motifs is 3. The van der Waals surface area contributed by atoms with Crippen LogP contribution < -0.4 is 5.56 Å². The minimum Gasteiger partial charge on any atom is -0.459 e. The number of carbonyl (C=O) groups excluding carboxylic acids is 1. The molecule has 0 radical (unpaired) electrons. The van der Waals surface area contributed by atoms with Crippen molar-refractivity contribution in [3.63, 3.8) is 0 Å². The van der Waals surface area contributed by atoms with Gasteiger partial charge in [0.15, 0.2) is 0 Å². The number of esters is 1. The summed E-state index contributed by atoms with van der Waals surface area (Å²) in [4.78, 5) is 28.1. The lowest BCUT2D eigenvalue weighted by Crippen LogP contribution is -2.46. The van der Waals surface area contributed by atoms with Gasteiger partial charge in [0, 0.05) is 31.0 Å². The second-order valence-corrected chi connectivity index (χ2v) is 8.10. The zero-order chi connectivity index (χ0) is 19.8. The van der Waals surface area contributed by atoms with Gasteiger partial charge in [-0.15, -0.1) is 12.4 Å². The molecule has 2 fully saturated rings. The minimum absolute atomic E-state index is 0. The second-order valence-electron chi connectivity index (χ2n) is 8.10. The monoisotopic (exact) mass is 415 g/mol. The molecule has 0 amide bonds. The Morgan fingerprint density at radius 1 is 1.24 bits per heavy atom. The van der Waals surface area contributed by atoms with Crippen molar-refractivity contribution < 1.29 is 9.53 Å². The lowest BCUT2D eigenvalue weighted by atomic mass is 9.99. The maximum atomic E-state index is 13.0. The molecule has 2 aromatic rings. The number of pyridine rings is 1. The Labute approximate surface area is 176 Å². The molecular weight excluding hydrogens is 390 g/mol. The van der Waals surface area contributed by atoms with E-state index in [0.717, 1.165) is 36.6 Å². The molecule has 1 unspecified atom stereocenters. The molecule has 0 N–H and O–H groups in total. The molecule has 3 heterocycles. The molecule has 7 heteroatoms. The number of halogens is 1. The summed E-state index contributed by atoms with van der Waals surface area (Å²) < 4.78 is 7.45. The predicted molar refractivity (Wildman–Crippen MR) is 113 cm³/mol. The molecule has 3 atom stereocenters. The number of ether oxygens (including phenoxy) is 1. The van der Waals surface area contributed by atoms with E-state index in [1.54, 1.807) is 10.6 Å². The van der Waals surface area contributed by atoms with Crippen molar-refractivity contribution in [3.8, 4) is 6.07 Å². The number of piperidine rings is 1. The van der Waals surface area contributed by atoms with Gasteiger partial charge in [0.1, 0.15) is 11.7 Å². The normalized spacial score (nSPS) is 23.6. The number of nitrogens with zero attached hydrogens (tertiary/aromatic N) is 3. The molecule has 2 bridgehead atoms. The quantitative estimate of drug-likeness (QED) is 0.562. The minimum atomic E-state index is -0.539. The third-order valence-corrected chi connectivity index (χ3v) is 6.05. The fraction of sp³-hybridized carbons (Fsp3) is 0.500. The summed E-state index contributed by atoms with van der Waals surface area (Å²) in [6, 6.07) is 12.0. The number of rotatable bonds is 4. The molecule has 154 valence electrons. The van der Waals surface area contributed by atoms with Crippen LogP contribution in [-0.2, 0) is 4.74 Å². The van der Waals surface area contributed by atoms with E-state index in [9.17, 15) is 9.59 Å². The van der Waals surface area contributed by atoms with Gasteiger partial charge in [-0.3, -0.25) is 9.69 Å². The first-order chi connectivity index (χ1) is 13.5. The Balaban J connectivity index is 0.00000240. The number of para-hydroxylation sites is 1. The predicted octanol–water partition coefficient (Wildman–Crippen LogP) is 3.68. The Morgan fingerprint density at radius 2 is 1.90 bits per heavy atom. The first kappa shape index (κ1) is 21.4. The topological polar surface area (TPSA) is 75.3 Å². The smallest absolute Gasteiger partial charge is 0.344 e. The number of aromatic nitrogens is 1. The molecule has 2 aliphatic rings. The Bertz CT molecular complexity index is 997. The summed E-state index contributed by atoms with van der Waals surface area (Å²) >= 11 is 0. The van der Waals surface area contributed by atoms with Crippen LogP contribution >= 0.6 is 12.4 Å². The summed E-state index contributed by atoms with van der Waals surface area (Å²) in [6.07, 6.45) is 3.34. The van der Waals surface area contributed by atoms with Crippen LogP contribution in [0, 0.1) is 11.3 Å². The second kappa shape index (κ2) is 8.56. The number of hydrogen-bond donors (Lipinski definition) is 0. The van der Waals surface area contributed by atoms with Crippen LogP contribution in [0.4, 0.5) is 0 Å². The van der Waals surface area contributed by atoms with Gasteiger partial charge in [-0.25, -0.2) is 4.79 Å². The molecule has 29 heavy (non-hydrogen) atoms. The van der Waals surface area contributed by atoms with E-state index in [0.29, 0.717) is 18.6 Å². The molecule has 1 aromatic heterocycles. The zero-order valence-corrected chi connectivity index (χ0v) is 17.5. The number of carbonyl (C=O) groups is 1. The molecule has 0 spiro atoms. The molecule has 4 rings (SSSR count). The third-order valence-electron chi connectivity index (χ3n) is 6.05.